The Kier molecular flexibility index (Phi) is 5.44. The molecule has 21 heavy (non-hydrogen) atoms. The van der Waals surface area contributed by atoms with Crippen molar-refractivity contribution in [3.05, 3.63) is 23.8 Å². The van der Waals surface area contributed by atoms with E-state index in [4.69, 9.17) is 4.74 Å². The molecule has 0 radical (unpaired) electrons. The molecule has 0 aromatic heterocycles. The third-order valence-electron chi connectivity index (χ3n) is 3.81. The predicted molar refractivity (Wildman–Crippen MR) is 84.9 cm³/mol. The Bertz CT molecular complexity index is 490. The molecule has 5 heteroatoms. The van der Waals surface area contributed by atoms with Crippen LogP contribution in [-0.4, -0.2) is 39.2 Å². The van der Waals surface area contributed by atoms with Gasteiger partial charge < -0.3 is 20.3 Å². The van der Waals surface area contributed by atoms with Gasteiger partial charge in [-0.25, -0.2) is 0 Å². The lowest BCUT2D eigenvalue weighted by atomic mass is 10.0. The van der Waals surface area contributed by atoms with E-state index in [0.717, 1.165) is 43.1 Å². The summed E-state index contributed by atoms with van der Waals surface area (Å²) in [6, 6.07) is 6.21. The van der Waals surface area contributed by atoms with Crippen molar-refractivity contribution in [1.82, 2.24) is 10.6 Å². The highest BCUT2D eigenvalue weighted by atomic mass is 16.5. The number of rotatable bonds is 5. The Morgan fingerprint density at radius 1 is 1.48 bits per heavy atom. The van der Waals surface area contributed by atoms with Crippen LogP contribution in [0.25, 0.3) is 0 Å². The summed E-state index contributed by atoms with van der Waals surface area (Å²) in [4.78, 5) is 14.0. The maximum Gasteiger partial charge on any atom is 0.239 e. The van der Waals surface area contributed by atoms with Crippen molar-refractivity contribution >= 4 is 11.6 Å². The van der Waals surface area contributed by atoms with Gasteiger partial charge in [-0.3, -0.25) is 4.79 Å². The molecule has 1 aromatic rings. The lowest BCUT2D eigenvalue weighted by Gasteiger charge is -2.28. The number of nitrogens with zero attached hydrogens (tertiary/aromatic N) is 1. The second-order valence-corrected chi connectivity index (χ2v) is 5.30. The van der Waals surface area contributed by atoms with Gasteiger partial charge in [-0.05, 0) is 32.0 Å². The molecular formula is C16H25N3O2. The number of amides is 1. The number of hydrogen-bond acceptors (Lipinski definition) is 4. The molecule has 0 bridgehead atoms. The van der Waals surface area contributed by atoms with E-state index in [9.17, 15) is 4.79 Å². The molecule has 2 N–H and O–H groups in total. The van der Waals surface area contributed by atoms with Gasteiger partial charge in [0.25, 0.3) is 0 Å². The van der Waals surface area contributed by atoms with Crippen molar-refractivity contribution in [2.24, 2.45) is 0 Å². The lowest BCUT2D eigenvalue weighted by molar-refractivity contribution is -0.119. The van der Waals surface area contributed by atoms with E-state index in [1.54, 1.807) is 7.11 Å². The molecular weight excluding hydrogens is 266 g/mol. The van der Waals surface area contributed by atoms with Crippen molar-refractivity contribution in [3.63, 3.8) is 0 Å². The van der Waals surface area contributed by atoms with Crippen LogP contribution in [0.4, 0.5) is 5.69 Å². The highest BCUT2D eigenvalue weighted by molar-refractivity contribution is 5.82. The number of carbonyl (C=O) groups excluding carboxylic acids is 1. The van der Waals surface area contributed by atoms with E-state index in [0.29, 0.717) is 6.54 Å². The topological polar surface area (TPSA) is 53.6 Å². The van der Waals surface area contributed by atoms with Crippen LogP contribution in [0.1, 0.15) is 31.9 Å². The molecule has 1 atom stereocenters. The fourth-order valence-corrected chi connectivity index (χ4v) is 2.84. The van der Waals surface area contributed by atoms with Crippen LogP contribution < -0.4 is 20.3 Å². The zero-order valence-corrected chi connectivity index (χ0v) is 13.1. The van der Waals surface area contributed by atoms with Gasteiger partial charge in [0.15, 0.2) is 0 Å². The first-order chi connectivity index (χ1) is 10.2. The standard InChI is InChI=1S/C16H25N3O2/c1-4-17-12(2)16-13(7-5-8-14(16)21-3)19-10-6-9-18-15(20)11-19/h5,7-8,12,17H,4,6,9-11H2,1-3H3,(H,18,20). The monoisotopic (exact) mass is 291 g/mol. The van der Waals surface area contributed by atoms with Gasteiger partial charge >= 0.3 is 0 Å². The summed E-state index contributed by atoms with van der Waals surface area (Å²) in [5, 5.41) is 6.35. The summed E-state index contributed by atoms with van der Waals surface area (Å²) >= 11 is 0. The number of benzene rings is 1. The van der Waals surface area contributed by atoms with E-state index >= 15 is 0 Å². The molecule has 5 nitrogen and oxygen atoms in total. The zero-order chi connectivity index (χ0) is 15.2. The maximum atomic E-state index is 11.8. The average Bonchev–Trinajstić information content (AvgIpc) is 2.71. The van der Waals surface area contributed by atoms with Crippen LogP contribution in [0.5, 0.6) is 5.75 Å². The van der Waals surface area contributed by atoms with Crippen LogP contribution in [0.15, 0.2) is 18.2 Å². The van der Waals surface area contributed by atoms with Crippen molar-refractivity contribution in [2.75, 3.05) is 38.2 Å². The van der Waals surface area contributed by atoms with E-state index in [-0.39, 0.29) is 11.9 Å². The first-order valence-electron chi connectivity index (χ1n) is 7.59. The summed E-state index contributed by atoms with van der Waals surface area (Å²) in [5.41, 5.74) is 2.20. The van der Waals surface area contributed by atoms with Gasteiger partial charge in [-0.1, -0.05) is 13.0 Å². The predicted octanol–water partition coefficient (Wildman–Crippen LogP) is 1.69. The van der Waals surface area contributed by atoms with E-state index in [1.807, 2.05) is 12.1 Å². The first-order valence-corrected chi connectivity index (χ1v) is 7.59. The molecule has 0 aliphatic carbocycles. The van der Waals surface area contributed by atoms with E-state index in [1.165, 1.54) is 0 Å². The SMILES string of the molecule is CCNC(C)c1c(OC)cccc1N1CCCNC(=O)C1. The largest absolute Gasteiger partial charge is 0.496 e. The minimum absolute atomic E-state index is 0.0809. The highest BCUT2D eigenvalue weighted by Crippen LogP contribution is 2.34. The summed E-state index contributed by atoms with van der Waals surface area (Å²) < 4.78 is 5.54. The third kappa shape index (κ3) is 3.67. The molecule has 1 fully saturated rings. The van der Waals surface area contributed by atoms with Gasteiger partial charge in [-0.2, -0.15) is 0 Å². The Balaban J connectivity index is 2.39. The second kappa shape index (κ2) is 7.31. The minimum Gasteiger partial charge on any atom is -0.496 e. The van der Waals surface area contributed by atoms with E-state index in [2.05, 4.69) is 35.4 Å². The quantitative estimate of drug-likeness (QED) is 0.867. The number of hydrogen-bond donors (Lipinski definition) is 2. The fraction of sp³-hybridized carbons (Fsp3) is 0.562. The summed E-state index contributed by atoms with van der Waals surface area (Å²) in [5.74, 6) is 0.947. The molecule has 1 amide bonds. The second-order valence-electron chi connectivity index (χ2n) is 5.30. The highest BCUT2D eigenvalue weighted by Gasteiger charge is 2.22. The van der Waals surface area contributed by atoms with Crippen LogP contribution in [-0.2, 0) is 4.79 Å². The molecule has 116 valence electrons. The number of ether oxygens (including phenoxy) is 1. The number of anilines is 1. The third-order valence-corrected chi connectivity index (χ3v) is 3.81. The van der Waals surface area contributed by atoms with Gasteiger partial charge in [0, 0.05) is 30.4 Å². The van der Waals surface area contributed by atoms with Gasteiger partial charge in [-0.15, -0.1) is 0 Å². The smallest absolute Gasteiger partial charge is 0.239 e. The molecule has 2 rings (SSSR count). The molecule has 0 spiro atoms. The summed E-state index contributed by atoms with van der Waals surface area (Å²) in [6.45, 7) is 7.13. The summed E-state index contributed by atoms with van der Waals surface area (Å²) in [7, 11) is 1.69. The maximum absolute atomic E-state index is 11.8. The van der Waals surface area contributed by atoms with Crippen molar-refractivity contribution in [2.45, 2.75) is 26.3 Å². The van der Waals surface area contributed by atoms with Crippen LogP contribution in [0, 0.1) is 0 Å². The molecule has 1 aliphatic rings. The van der Waals surface area contributed by atoms with Crippen LogP contribution in [0.3, 0.4) is 0 Å². The molecule has 1 saturated heterocycles. The van der Waals surface area contributed by atoms with Gasteiger partial charge in [0.1, 0.15) is 5.75 Å². The van der Waals surface area contributed by atoms with Crippen molar-refractivity contribution in [3.8, 4) is 5.75 Å². The Morgan fingerprint density at radius 3 is 3.00 bits per heavy atom. The van der Waals surface area contributed by atoms with Crippen LogP contribution >= 0.6 is 0 Å². The number of nitrogens with one attached hydrogen (secondary N) is 2. The van der Waals surface area contributed by atoms with E-state index < -0.39 is 0 Å². The summed E-state index contributed by atoms with van der Waals surface area (Å²) in [6.07, 6.45) is 0.956. The Labute approximate surface area is 126 Å². The zero-order valence-electron chi connectivity index (χ0n) is 13.1. The van der Waals surface area contributed by atoms with Crippen molar-refractivity contribution in [1.29, 1.82) is 0 Å². The first kappa shape index (κ1) is 15.6. The normalized spacial score (nSPS) is 17.1. The Morgan fingerprint density at radius 2 is 2.29 bits per heavy atom. The van der Waals surface area contributed by atoms with Crippen molar-refractivity contribution < 1.29 is 9.53 Å². The van der Waals surface area contributed by atoms with Gasteiger partial charge in [0.2, 0.25) is 5.91 Å². The fourth-order valence-electron chi connectivity index (χ4n) is 2.84. The van der Waals surface area contributed by atoms with Gasteiger partial charge in [0.05, 0.1) is 13.7 Å². The lowest BCUT2D eigenvalue weighted by Crippen LogP contribution is -2.34. The Hall–Kier alpha value is -1.75. The van der Waals surface area contributed by atoms with Crippen LogP contribution in [0.2, 0.25) is 0 Å². The minimum atomic E-state index is 0.0809. The average molecular weight is 291 g/mol. The molecule has 1 aromatic carbocycles. The molecule has 1 aliphatic heterocycles. The number of methoxy groups -OCH3 is 1. The number of carbonyl (C=O) groups is 1. The molecule has 0 saturated carbocycles. The molecule has 1 unspecified atom stereocenters. The molecule has 1 heterocycles.